The van der Waals surface area contributed by atoms with Gasteiger partial charge in [0.15, 0.2) is 5.82 Å². The molecule has 0 spiro atoms. The SMILES string of the molecule is COc1ccccc1CNc1cnnc(N2CCN(c3ccccc3)CC2)n1. The number of nitrogens with one attached hydrogen (secondary N) is 1. The van der Waals surface area contributed by atoms with Gasteiger partial charge in [0.25, 0.3) is 0 Å². The van der Waals surface area contributed by atoms with Crippen LogP contribution in [0, 0.1) is 0 Å². The molecule has 2 heterocycles. The monoisotopic (exact) mass is 376 g/mol. The minimum atomic E-state index is 0.615. The van der Waals surface area contributed by atoms with Gasteiger partial charge in [-0.1, -0.05) is 36.4 Å². The molecule has 0 unspecified atom stereocenters. The average molecular weight is 376 g/mol. The van der Waals surface area contributed by atoms with Crippen molar-refractivity contribution >= 4 is 17.5 Å². The minimum absolute atomic E-state index is 0.615. The highest BCUT2D eigenvalue weighted by molar-refractivity contribution is 5.49. The number of para-hydroxylation sites is 2. The van der Waals surface area contributed by atoms with Crippen LogP contribution in [0.1, 0.15) is 5.56 Å². The summed E-state index contributed by atoms with van der Waals surface area (Å²) in [5.41, 5.74) is 2.33. The number of aromatic nitrogens is 3. The molecule has 144 valence electrons. The van der Waals surface area contributed by atoms with Crippen molar-refractivity contribution in [2.24, 2.45) is 0 Å². The molecule has 3 aromatic rings. The second kappa shape index (κ2) is 8.56. The van der Waals surface area contributed by atoms with Crippen LogP contribution in [0.3, 0.4) is 0 Å². The van der Waals surface area contributed by atoms with E-state index in [2.05, 4.69) is 54.6 Å². The molecule has 7 nitrogen and oxygen atoms in total. The molecule has 0 radical (unpaired) electrons. The smallest absolute Gasteiger partial charge is 0.247 e. The largest absolute Gasteiger partial charge is 0.496 e. The van der Waals surface area contributed by atoms with Gasteiger partial charge in [-0.05, 0) is 18.2 Å². The number of hydrogen-bond donors (Lipinski definition) is 1. The molecule has 0 atom stereocenters. The van der Waals surface area contributed by atoms with E-state index < -0.39 is 0 Å². The van der Waals surface area contributed by atoms with E-state index in [4.69, 9.17) is 4.74 Å². The fraction of sp³-hybridized carbons (Fsp3) is 0.286. The zero-order valence-electron chi connectivity index (χ0n) is 16.0. The van der Waals surface area contributed by atoms with Crippen molar-refractivity contribution in [3.63, 3.8) is 0 Å². The molecule has 1 aliphatic rings. The fourth-order valence-electron chi connectivity index (χ4n) is 3.35. The summed E-state index contributed by atoms with van der Waals surface area (Å²) in [6, 6.07) is 18.4. The fourth-order valence-corrected chi connectivity index (χ4v) is 3.35. The van der Waals surface area contributed by atoms with Gasteiger partial charge < -0.3 is 19.9 Å². The molecule has 0 saturated carbocycles. The Kier molecular flexibility index (Phi) is 5.51. The van der Waals surface area contributed by atoms with Gasteiger partial charge in [0.05, 0.1) is 13.3 Å². The zero-order valence-corrected chi connectivity index (χ0v) is 16.0. The third kappa shape index (κ3) is 4.14. The summed E-state index contributed by atoms with van der Waals surface area (Å²) in [6.07, 6.45) is 1.65. The van der Waals surface area contributed by atoms with Gasteiger partial charge in [0, 0.05) is 44.0 Å². The molecular weight excluding hydrogens is 352 g/mol. The van der Waals surface area contributed by atoms with Gasteiger partial charge in [-0.2, -0.15) is 10.1 Å². The quantitative estimate of drug-likeness (QED) is 0.709. The number of piperazine rings is 1. The van der Waals surface area contributed by atoms with E-state index in [0.29, 0.717) is 18.3 Å². The molecule has 0 aliphatic carbocycles. The summed E-state index contributed by atoms with van der Waals surface area (Å²) >= 11 is 0. The van der Waals surface area contributed by atoms with Gasteiger partial charge >= 0.3 is 0 Å². The molecular formula is C21H24N6O. The van der Waals surface area contributed by atoms with Crippen LogP contribution in [0.2, 0.25) is 0 Å². The highest BCUT2D eigenvalue weighted by atomic mass is 16.5. The standard InChI is InChI=1S/C21H24N6O/c1-28-19-10-6-5-7-17(19)15-22-20-16-23-25-21(24-20)27-13-11-26(12-14-27)18-8-3-2-4-9-18/h2-10,16H,11-15H2,1H3,(H,22,24,25). The molecule has 0 bridgehead atoms. The molecule has 7 heteroatoms. The molecule has 1 aromatic heterocycles. The number of ether oxygens (including phenoxy) is 1. The van der Waals surface area contributed by atoms with E-state index in [1.807, 2.05) is 30.3 Å². The first-order chi connectivity index (χ1) is 13.8. The Morgan fingerprint density at radius 1 is 0.929 bits per heavy atom. The van der Waals surface area contributed by atoms with Crippen molar-refractivity contribution in [1.82, 2.24) is 15.2 Å². The second-order valence-electron chi connectivity index (χ2n) is 6.62. The maximum atomic E-state index is 5.40. The molecule has 4 rings (SSSR count). The van der Waals surface area contributed by atoms with Crippen LogP contribution >= 0.6 is 0 Å². The van der Waals surface area contributed by atoms with Crippen molar-refractivity contribution in [3.05, 3.63) is 66.4 Å². The third-order valence-corrected chi connectivity index (χ3v) is 4.88. The lowest BCUT2D eigenvalue weighted by Gasteiger charge is -2.35. The van der Waals surface area contributed by atoms with E-state index in [-0.39, 0.29) is 0 Å². The van der Waals surface area contributed by atoms with Gasteiger partial charge in [-0.3, -0.25) is 0 Å². The number of anilines is 3. The topological polar surface area (TPSA) is 66.4 Å². The predicted octanol–water partition coefficient (Wildman–Crippen LogP) is 2.82. The molecule has 2 aromatic carbocycles. The lowest BCUT2D eigenvalue weighted by molar-refractivity contribution is 0.410. The summed E-state index contributed by atoms with van der Waals surface area (Å²) in [5.74, 6) is 2.23. The van der Waals surface area contributed by atoms with Crippen molar-refractivity contribution < 1.29 is 4.74 Å². The van der Waals surface area contributed by atoms with Gasteiger partial charge in [-0.15, -0.1) is 5.10 Å². The predicted molar refractivity (Wildman–Crippen MR) is 111 cm³/mol. The number of methoxy groups -OCH3 is 1. The highest BCUT2D eigenvalue weighted by Crippen LogP contribution is 2.20. The molecule has 1 aliphatic heterocycles. The minimum Gasteiger partial charge on any atom is -0.496 e. The van der Waals surface area contributed by atoms with Crippen LogP contribution in [-0.4, -0.2) is 48.5 Å². The molecule has 1 saturated heterocycles. The first kappa shape index (κ1) is 18.0. The van der Waals surface area contributed by atoms with Crippen molar-refractivity contribution in [2.45, 2.75) is 6.54 Å². The summed E-state index contributed by atoms with van der Waals surface area (Å²) < 4.78 is 5.40. The van der Waals surface area contributed by atoms with Crippen LogP contribution < -0.4 is 19.9 Å². The maximum absolute atomic E-state index is 5.40. The Hall–Kier alpha value is -3.35. The van der Waals surface area contributed by atoms with E-state index in [9.17, 15) is 0 Å². The summed E-state index contributed by atoms with van der Waals surface area (Å²) in [7, 11) is 1.68. The Morgan fingerprint density at radius 2 is 1.64 bits per heavy atom. The third-order valence-electron chi connectivity index (χ3n) is 4.88. The number of nitrogens with zero attached hydrogens (tertiary/aromatic N) is 5. The lowest BCUT2D eigenvalue weighted by Crippen LogP contribution is -2.47. The maximum Gasteiger partial charge on any atom is 0.247 e. The van der Waals surface area contributed by atoms with Crippen LogP contribution in [-0.2, 0) is 6.54 Å². The van der Waals surface area contributed by atoms with Crippen LogP contribution in [0.4, 0.5) is 17.5 Å². The first-order valence-corrected chi connectivity index (χ1v) is 9.44. The Bertz CT molecular complexity index is 896. The van der Waals surface area contributed by atoms with Crippen LogP contribution in [0.15, 0.2) is 60.8 Å². The van der Waals surface area contributed by atoms with Crippen LogP contribution in [0.5, 0.6) is 5.75 Å². The van der Waals surface area contributed by atoms with Crippen molar-refractivity contribution in [1.29, 1.82) is 0 Å². The normalized spacial score (nSPS) is 14.0. The number of hydrogen-bond acceptors (Lipinski definition) is 7. The zero-order chi connectivity index (χ0) is 19.2. The number of rotatable bonds is 6. The van der Waals surface area contributed by atoms with Crippen molar-refractivity contribution in [2.75, 3.05) is 48.4 Å². The van der Waals surface area contributed by atoms with E-state index in [1.54, 1.807) is 13.3 Å². The van der Waals surface area contributed by atoms with Gasteiger partial charge in [-0.25, -0.2) is 0 Å². The van der Waals surface area contributed by atoms with Gasteiger partial charge in [0.1, 0.15) is 5.75 Å². The Morgan fingerprint density at radius 3 is 2.43 bits per heavy atom. The van der Waals surface area contributed by atoms with Crippen LogP contribution in [0.25, 0.3) is 0 Å². The Balaban J connectivity index is 1.38. The first-order valence-electron chi connectivity index (χ1n) is 9.44. The van der Waals surface area contributed by atoms with E-state index in [1.165, 1.54) is 5.69 Å². The molecule has 0 amide bonds. The molecule has 1 fully saturated rings. The second-order valence-corrected chi connectivity index (χ2v) is 6.62. The van der Waals surface area contributed by atoms with E-state index in [0.717, 1.165) is 37.5 Å². The lowest BCUT2D eigenvalue weighted by atomic mass is 10.2. The van der Waals surface area contributed by atoms with Crippen molar-refractivity contribution in [3.8, 4) is 5.75 Å². The highest BCUT2D eigenvalue weighted by Gasteiger charge is 2.19. The summed E-state index contributed by atoms with van der Waals surface area (Å²) in [4.78, 5) is 9.21. The average Bonchev–Trinajstić information content (AvgIpc) is 2.79. The number of benzene rings is 2. The summed E-state index contributed by atoms with van der Waals surface area (Å²) in [5, 5.41) is 11.7. The van der Waals surface area contributed by atoms with E-state index >= 15 is 0 Å². The molecule has 1 N–H and O–H groups in total. The summed E-state index contributed by atoms with van der Waals surface area (Å²) in [6.45, 7) is 4.22. The van der Waals surface area contributed by atoms with Gasteiger partial charge in [0.2, 0.25) is 5.95 Å². The Labute approximate surface area is 165 Å². The molecule has 28 heavy (non-hydrogen) atoms.